The second-order valence-electron chi connectivity index (χ2n) is 4.43. The van der Waals surface area contributed by atoms with Crippen LogP contribution in [0.3, 0.4) is 0 Å². The molecule has 0 aliphatic heterocycles. The number of anilines is 1. The standard InChI is InChI=1S/C16H14FN3O2/c17-13-5-1-11(2-6-13)9-10-19-16(22)20-15(21)12-3-7-14(18)8-4-12/h1-10H,18H2,(H2,19,20,21,22)/b10-9+. The van der Waals surface area contributed by atoms with Gasteiger partial charge in [-0.15, -0.1) is 0 Å². The van der Waals surface area contributed by atoms with Gasteiger partial charge in [0.25, 0.3) is 5.91 Å². The number of carbonyl (C=O) groups is 2. The first kappa shape index (κ1) is 15.2. The molecule has 0 bridgehead atoms. The van der Waals surface area contributed by atoms with Gasteiger partial charge in [-0.25, -0.2) is 9.18 Å². The second kappa shape index (κ2) is 7.03. The Kier molecular flexibility index (Phi) is 4.87. The SMILES string of the molecule is Nc1ccc(C(=O)NC(=O)N/C=C/c2ccc(F)cc2)cc1. The normalized spacial score (nSPS) is 10.4. The van der Waals surface area contributed by atoms with Gasteiger partial charge in [-0.05, 0) is 48.0 Å². The van der Waals surface area contributed by atoms with Gasteiger partial charge in [0, 0.05) is 17.5 Å². The lowest BCUT2D eigenvalue weighted by atomic mass is 10.2. The molecule has 4 N–H and O–H groups in total. The summed E-state index contributed by atoms with van der Waals surface area (Å²) < 4.78 is 12.7. The minimum atomic E-state index is -0.666. The molecule has 6 heteroatoms. The minimum Gasteiger partial charge on any atom is -0.399 e. The number of hydrogen-bond donors (Lipinski definition) is 3. The average molecular weight is 299 g/mol. The monoisotopic (exact) mass is 299 g/mol. The smallest absolute Gasteiger partial charge is 0.325 e. The Hall–Kier alpha value is -3.15. The molecule has 3 amide bonds. The van der Waals surface area contributed by atoms with Crippen molar-refractivity contribution >= 4 is 23.7 Å². The van der Waals surface area contributed by atoms with Gasteiger partial charge in [0.2, 0.25) is 0 Å². The Morgan fingerprint density at radius 2 is 1.64 bits per heavy atom. The van der Waals surface area contributed by atoms with E-state index in [0.717, 1.165) is 0 Å². The summed E-state index contributed by atoms with van der Waals surface area (Å²) in [7, 11) is 0. The van der Waals surface area contributed by atoms with Gasteiger partial charge in [0.05, 0.1) is 0 Å². The zero-order valence-corrected chi connectivity index (χ0v) is 11.5. The maximum Gasteiger partial charge on any atom is 0.325 e. The lowest BCUT2D eigenvalue weighted by Gasteiger charge is -2.04. The Balaban J connectivity index is 1.86. The van der Waals surface area contributed by atoms with E-state index in [1.807, 2.05) is 0 Å². The summed E-state index contributed by atoms with van der Waals surface area (Å²) in [5.41, 5.74) is 7.09. The molecule has 0 saturated carbocycles. The van der Waals surface area contributed by atoms with Gasteiger partial charge in [-0.2, -0.15) is 0 Å². The molecule has 0 aliphatic rings. The van der Waals surface area contributed by atoms with Crippen LogP contribution in [-0.4, -0.2) is 11.9 Å². The number of imide groups is 1. The van der Waals surface area contributed by atoms with E-state index in [-0.39, 0.29) is 5.82 Å². The third-order valence-corrected chi connectivity index (χ3v) is 2.76. The van der Waals surface area contributed by atoms with E-state index in [0.29, 0.717) is 16.8 Å². The molecule has 2 aromatic carbocycles. The molecular formula is C16H14FN3O2. The molecule has 22 heavy (non-hydrogen) atoms. The van der Waals surface area contributed by atoms with Crippen LogP contribution in [0.5, 0.6) is 0 Å². The van der Waals surface area contributed by atoms with Gasteiger partial charge in [0.15, 0.2) is 0 Å². The van der Waals surface area contributed by atoms with E-state index in [9.17, 15) is 14.0 Å². The number of urea groups is 1. The summed E-state index contributed by atoms with van der Waals surface area (Å²) in [6.45, 7) is 0. The molecule has 0 saturated heterocycles. The first-order chi connectivity index (χ1) is 10.5. The van der Waals surface area contributed by atoms with Crippen molar-refractivity contribution in [3.8, 4) is 0 Å². The third-order valence-electron chi connectivity index (χ3n) is 2.76. The van der Waals surface area contributed by atoms with E-state index in [4.69, 9.17) is 5.73 Å². The van der Waals surface area contributed by atoms with Gasteiger partial charge in [0.1, 0.15) is 5.82 Å². The molecule has 5 nitrogen and oxygen atoms in total. The summed E-state index contributed by atoms with van der Waals surface area (Å²) in [4.78, 5) is 23.3. The summed E-state index contributed by atoms with van der Waals surface area (Å²) in [6, 6.07) is 11.3. The van der Waals surface area contributed by atoms with E-state index < -0.39 is 11.9 Å². The molecule has 0 unspecified atom stereocenters. The quantitative estimate of drug-likeness (QED) is 0.761. The number of hydrogen-bond acceptors (Lipinski definition) is 3. The molecule has 0 atom stereocenters. The van der Waals surface area contributed by atoms with Crippen LogP contribution >= 0.6 is 0 Å². The number of nitrogens with one attached hydrogen (secondary N) is 2. The number of halogens is 1. The van der Waals surface area contributed by atoms with Crippen molar-refractivity contribution in [3.63, 3.8) is 0 Å². The van der Waals surface area contributed by atoms with E-state index in [1.165, 1.54) is 30.5 Å². The highest BCUT2D eigenvalue weighted by molar-refractivity contribution is 6.04. The molecule has 0 aromatic heterocycles. The topological polar surface area (TPSA) is 84.2 Å². The molecular weight excluding hydrogens is 285 g/mol. The molecule has 0 aliphatic carbocycles. The van der Waals surface area contributed by atoms with Crippen LogP contribution in [0.2, 0.25) is 0 Å². The fourth-order valence-corrected chi connectivity index (χ4v) is 1.63. The lowest BCUT2D eigenvalue weighted by molar-refractivity contribution is 0.0965. The molecule has 2 rings (SSSR count). The number of nitrogen functional groups attached to an aromatic ring is 1. The van der Waals surface area contributed by atoms with Crippen LogP contribution in [0.4, 0.5) is 14.9 Å². The highest BCUT2D eigenvalue weighted by Crippen LogP contribution is 2.05. The van der Waals surface area contributed by atoms with Crippen molar-refractivity contribution in [2.24, 2.45) is 0 Å². The highest BCUT2D eigenvalue weighted by atomic mass is 19.1. The molecule has 112 valence electrons. The summed E-state index contributed by atoms with van der Waals surface area (Å²) in [5.74, 6) is -0.871. The lowest BCUT2D eigenvalue weighted by Crippen LogP contribution is -2.36. The molecule has 2 aromatic rings. The number of carbonyl (C=O) groups excluding carboxylic acids is 2. The van der Waals surface area contributed by atoms with E-state index in [1.54, 1.807) is 30.3 Å². The van der Waals surface area contributed by atoms with Crippen molar-refractivity contribution in [2.45, 2.75) is 0 Å². The van der Waals surface area contributed by atoms with Crippen LogP contribution in [0.15, 0.2) is 54.7 Å². The van der Waals surface area contributed by atoms with Crippen LogP contribution in [0.1, 0.15) is 15.9 Å². The molecule has 0 heterocycles. The van der Waals surface area contributed by atoms with Crippen molar-refractivity contribution in [2.75, 3.05) is 5.73 Å². The highest BCUT2D eigenvalue weighted by Gasteiger charge is 2.08. The first-order valence-corrected chi connectivity index (χ1v) is 6.44. The van der Waals surface area contributed by atoms with Crippen molar-refractivity contribution in [3.05, 3.63) is 71.7 Å². The Morgan fingerprint density at radius 3 is 2.27 bits per heavy atom. The van der Waals surface area contributed by atoms with Crippen LogP contribution in [0.25, 0.3) is 6.08 Å². The summed E-state index contributed by atoms with van der Waals surface area (Å²) in [5, 5.41) is 4.56. The maximum atomic E-state index is 12.7. The number of benzene rings is 2. The number of amides is 3. The second-order valence-corrected chi connectivity index (χ2v) is 4.43. The fraction of sp³-hybridized carbons (Fsp3) is 0. The van der Waals surface area contributed by atoms with Crippen LogP contribution in [0, 0.1) is 5.82 Å². The summed E-state index contributed by atoms with van der Waals surface area (Å²) in [6.07, 6.45) is 2.94. The number of rotatable bonds is 3. The van der Waals surface area contributed by atoms with Crippen LogP contribution in [-0.2, 0) is 0 Å². The van der Waals surface area contributed by atoms with Crippen LogP contribution < -0.4 is 16.4 Å². The zero-order valence-electron chi connectivity index (χ0n) is 11.5. The van der Waals surface area contributed by atoms with Crippen molar-refractivity contribution in [1.82, 2.24) is 10.6 Å². The average Bonchev–Trinajstić information content (AvgIpc) is 2.50. The maximum absolute atomic E-state index is 12.7. The largest absolute Gasteiger partial charge is 0.399 e. The van der Waals surface area contributed by atoms with E-state index >= 15 is 0 Å². The Morgan fingerprint density at radius 1 is 1.00 bits per heavy atom. The fourth-order valence-electron chi connectivity index (χ4n) is 1.63. The molecule has 0 radical (unpaired) electrons. The van der Waals surface area contributed by atoms with E-state index in [2.05, 4.69) is 10.6 Å². The van der Waals surface area contributed by atoms with Gasteiger partial charge < -0.3 is 11.1 Å². The van der Waals surface area contributed by atoms with Gasteiger partial charge in [-0.1, -0.05) is 12.1 Å². The Labute approximate surface area is 126 Å². The molecule has 0 spiro atoms. The predicted molar refractivity (Wildman–Crippen MR) is 82.3 cm³/mol. The Bertz CT molecular complexity index is 694. The first-order valence-electron chi connectivity index (χ1n) is 6.44. The molecule has 0 fully saturated rings. The van der Waals surface area contributed by atoms with Gasteiger partial charge in [-0.3, -0.25) is 10.1 Å². The summed E-state index contributed by atoms with van der Waals surface area (Å²) >= 11 is 0. The number of nitrogens with two attached hydrogens (primary N) is 1. The van der Waals surface area contributed by atoms with Crippen molar-refractivity contribution < 1.29 is 14.0 Å². The predicted octanol–water partition coefficient (Wildman–Crippen LogP) is 2.52. The third kappa shape index (κ3) is 4.45. The van der Waals surface area contributed by atoms with Crippen molar-refractivity contribution in [1.29, 1.82) is 0 Å². The minimum absolute atomic E-state index is 0.326. The zero-order chi connectivity index (χ0) is 15.9. The van der Waals surface area contributed by atoms with Gasteiger partial charge >= 0.3 is 6.03 Å².